The van der Waals surface area contributed by atoms with E-state index in [2.05, 4.69) is 0 Å². The lowest BCUT2D eigenvalue weighted by Crippen LogP contribution is -2.46. The molecule has 2 aliphatic rings. The molecular formula is C18H22FNO4. The molecule has 2 fully saturated rings. The molecule has 1 heterocycles. The Balaban J connectivity index is 1.75. The normalized spacial score (nSPS) is 27.6. The highest BCUT2D eigenvalue weighted by molar-refractivity contribution is 5.85. The lowest BCUT2D eigenvalue weighted by molar-refractivity contribution is -0.150. The average molecular weight is 335 g/mol. The van der Waals surface area contributed by atoms with Crippen LogP contribution in [0.4, 0.5) is 4.39 Å². The molecule has 0 bridgehead atoms. The lowest BCUT2D eigenvalue weighted by atomic mass is 9.84. The highest BCUT2D eigenvalue weighted by atomic mass is 19.1. The molecule has 6 heteroatoms. The summed E-state index contributed by atoms with van der Waals surface area (Å²) in [7, 11) is 0. The van der Waals surface area contributed by atoms with Gasteiger partial charge >= 0.3 is 5.97 Å². The van der Waals surface area contributed by atoms with Crippen LogP contribution in [-0.4, -0.2) is 39.1 Å². The number of hydrogen-bond donors (Lipinski definition) is 2. The molecule has 4 unspecified atom stereocenters. The molecule has 0 spiro atoms. The van der Waals surface area contributed by atoms with E-state index < -0.39 is 23.9 Å². The van der Waals surface area contributed by atoms with E-state index in [0.717, 1.165) is 25.7 Å². The number of rotatable bonds is 4. The molecule has 0 radical (unpaired) electrons. The van der Waals surface area contributed by atoms with Crippen LogP contribution >= 0.6 is 0 Å². The molecule has 1 aliphatic heterocycles. The van der Waals surface area contributed by atoms with Gasteiger partial charge in [-0.1, -0.05) is 25.0 Å². The Labute approximate surface area is 140 Å². The van der Waals surface area contributed by atoms with Crippen LogP contribution in [0.1, 0.15) is 50.2 Å². The van der Waals surface area contributed by atoms with E-state index in [1.807, 2.05) is 0 Å². The molecule has 4 atom stereocenters. The Kier molecular flexibility index (Phi) is 4.85. The standard InChI is InChI=1S/C18H22FNO4/c19-13-6-3-5-12(8-13)16(21)10-17(22)20-14-7-2-1-4-11(14)9-15(20)18(23)24/h3,5-6,8,11,14-16,21H,1-2,4,7,9-10H2,(H,23,24). The molecule has 5 nitrogen and oxygen atoms in total. The van der Waals surface area contributed by atoms with Crippen molar-refractivity contribution in [3.63, 3.8) is 0 Å². The van der Waals surface area contributed by atoms with Crippen molar-refractivity contribution in [1.82, 2.24) is 4.90 Å². The number of nitrogens with zero attached hydrogens (tertiary/aromatic N) is 1. The van der Waals surface area contributed by atoms with Crippen LogP contribution in [0.5, 0.6) is 0 Å². The third kappa shape index (κ3) is 3.29. The van der Waals surface area contributed by atoms with Crippen LogP contribution in [-0.2, 0) is 9.59 Å². The summed E-state index contributed by atoms with van der Waals surface area (Å²) in [5.74, 6) is -1.60. The third-order valence-corrected chi connectivity index (χ3v) is 5.26. The van der Waals surface area contributed by atoms with E-state index in [0.29, 0.717) is 12.0 Å². The number of carboxylic acids is 1. The van der Waals surface area contributed by atoms with Crippen molar-refractivity contribution in [1.29, 1.82) is 0 Å². The van der Waals surface area contributed by atoms with Crippen LogP contribution in [0.2, 0.25) is 0 Å². The Morgan fingerprint density at radius 1 is 1.29 bits per heavy atom. The van der Waals surface area contributed by atoms with Crippen molar-refractivity contribution in [2.45, 2.75) is 56.7 Å². The van der Waals surface area contributed by atoms with Gasteiger partial charge in [0.25, 0.3) is 0 Å². The molecule has 3 rings (SSSR count). The predicted molar refractivity (Wildman–Crippen MR) is 84.6 cm³/mol. The second-order valence-corrected chi connectivity index (χ2v) is 6.78. The summed E-state index contributed by atoms with van der Waals surface area (Å²) in [5.41, 5.74) is 0.328. The first-order valence-corrected chi connectivity index (χ1v) is 8.45. The summed E-state index contributed by atoms with van der Waals surface area (Å²) in [6.07, 6.45) is 2.95. The Morgan fingerprint density at radius 2 is 2.04 bits per heavy atom. The highest BCUT2D eigenvalue weighted by Crippen LogP contribution is 2.40. The topological polar surface area (TPSA) is 77.8 Å². The zero-order chi connectivity index (χ0) is 17.3. The van der Waals surface area contributed by atoms with Gasteiger partial charge in [-0.15, -0.1) is 0 Å². The van der Waals surface area contributed by atoms with Crippen molar-refractivity contribution < 1.29 is 24.2 Å². The van der Waals surface area contributed by atoms with Gasteiger partial charge in [0, 0.05) is 6.04 Å². The molecule has 1 saturated carbocycles. The largest absolute Gasteiger partial charge is 0.480 e. The van der Waals surface area contributed by atoms with Gasteiger partial charge in [-0.05, 0) is 42.9 Å². The predicted octanol–water partition coefficient (Wildman–Crippen LogP) is 2.49. The van der Waals surface area contributed by atoms with E-state index >= 15 is 0 Å². The molecular weight excluding hydrogens is 313 g/mol. The molecule has 1 amide bonds. The summed E-state index contributed by atoms with van der Waals surface area (Å²) < 4.78 is 13.3. The maximum atomic E-state index is 13.3. The minimum atomic E-state index is -1.13. The van der Waals surface area contributed by atoms with Gasteiger partial charge in [-0.2, -0.15) is 0 Å². The maximum absolute atomic E-state index is 13.3. The second-order valence-electron chi connectivity index (χ2n) is 6.78. The first kappa shape index (κ1) is 16.9. The summed E-state index contributed by atoms with van der Waals surface area (Å²) in [6.45, 7) is 0. The SMILES string of the molecule is O=C(O)C1CC2CCCCC2N1C(=O)CC(O)c1cccc(F)c1. The summed E-state index contributed by atoms with van der Waals surface area (Å²) in [6, 6.07) is 4.64. The molecule has 2 N–H and O–H groups in total. The summed E-state index contributed by atoms with van der Waals surface area (Å²) in [4.78, 5) is 25.7. The Hall–Kier alpha value is -1.95. The van der Waals surface area contributed by atoms with E-state index in [4.69, 9.17) is 0 Å². The van der Waals surface area contributed by atoms with Crippen molar-refractivity contribution >= 4 is 11.9 Å². The summed E-state index contributed by atoms with van der Waals surface area (Å²) in [5, 5.41) is 19.7. The molecule has 1 aromatic rings. The van der Waals surface area contributed by atoms with Crippen LogP contribution in [0, 0.1) is 11.7 Å². The van der Waals surface area contributed by atoms with Gasteiger partial charge in [-0.25, -0.2) is 9.18 Å². The number of aliphatic hydroxyl groups is 1. The fourth-order valence-electron chi connectivity index (χ4n) is 4.14. The third-order valence-electron chi connectivity index (χ3n) is 5.26. The number of carboxylic acid groups (broad SMARTS) is 1. The number of carbonyl (C=O) groups excluding carboxylic acids is 1. The van der Waals surface area contributed by atoms with Crippen LogP contribution in [0.25, 0.3) is 0 Å². The summed E-state index contributed by atoms with van der Waals surface area (Å²) >= 11 is 0. The number of halogens is 1. The van der Waals surface area contributed by atoms with E-state index in [-0.39, 0.29) is 24.3 Å². The monoisotopic (exact) mass is 335 g/mol. The van der Waals surface area contributed by atoms with Gasteiger partial charge in [0.15, 0.2) is 0 Å². The number of amides is 1. The Morgan fingerprint density at radius 3 is 2.75 bits per heavy atom. The zero-order valence-electron chi connectivity index (χ0n) is 13.4. The number of carbonyl (C=O) groups is 2. The average Bonchev–Trinajstić information content (AvgIpc) is 2.94. The minimum absolute atomic E-state index is 0.0490. The van der Waals surface area contributed by atoms with E-state index in [1.54, 1.807) is 6.07 Å². The number of fused-ring (bicyclic) bond motifs is 1. The van der Waals surface area contributed by atoms with Crippen molar-refractivity contribution in [3.8, 4) is 0 Å². The van der Waals surface area contributed by atoms with Crippen molar-refractivity contribution in [2.75, 3.05) is 0 Å². The maximum Gasteiger partial charge on any atom is 0.326 e. The molecule has 1 aliphatic carbocycles. The number of aliphatic carboxylic acids is 1. The van der Waals surface area contributed by atoms with Crippen LogP contribution in [0.15, 0.2) is 24.3 Å². The second kappa shape index (κ2) is 6.89. The Bertz CT molecular complexity index is 635. The number of hydrogen-bond acceptors (Lipinski definition) is 3. The fraction of sp³-hybridized carbons (Fsp3) is 0.556. The van der Waals surface area contributed by atoms with Crippen LogP contribution in [0.3, 0.4) is 0 Å². The first-order chi connectivity index (χ1) is 11.5. The molecule has 1 saturated heterocycles. The highest BCUT2D eigenvalue weighted by Gasteiger charge is 2.47. The first-order valence-electron chi connectivity index (χ1n) is 8.45. The van der Waals surface area contributed by atoms with Gasteiger partial charge < -0.3 is 15.1 Å². The number of aliphatic hydroxyl groups excluding tert-OH is 1. The van der Waals surface area contributed by atoms with Crippen molar-refractivity contribution in [2.24, 2.45) is 5.92 Å². The number of benzene rings is 1. The molecule has 130 valence electrons. The lowest BCUT2D eigenvalue weighted by Gasteiger charge is -2.33. The van der Waals surface area contributed by atoms with E-state index in [1.165, 1.54) is 23.1 Å². The van der Waals surface area contributed by atoms with E-state index in [9.17, 15) is 24.2 Å². The van der Waals surface area contributed by atoms with Crippen LogP contribution < -0.4 is 0 Å². The zero-order valence-corrected chi connectivity index (χ0v) is 13.4. The molecule has 0 aromatic heterocycles. The molecule has 1 aromatic carbocycles. The van der Waals surface area contributed by atoms with Gasteiger partial charge in [0.1, 0.15) is 11.9 Å². The quantitative estimate of drug-likeness (QED) is 0.886. The van der Waals surface area contributed by atoms with Gasteiger partial charge in [0.2, 0.25) is 5.91 Å². The van der Waals surface area contributed by atoms with Gasteiger partial charge in [0.05, 0.1) is 12.5 Å². The molecule has 24 heavy (non-hydrogen) atoms. The minimum Gasteiger partial charge on any atom is -0.480 e. The smallest absolute Gasteiger partial charge is 0.326 e. The fourth-order valence-corrected chi connectivity index (χ4v) is 4.14. The van der Waals surface area contributed by atoms with Crippen molar-refractivity contribution in [3.05, 3.63) is 35.6 Å². The van der Waals surface area contributed by atoms with Gasteiger partial charge in [-0.3, -0.25) is 4.79 Å². The number of likely N-dealkylation sites (tertiary alicyclic amines) is 1.